The zero-order valence-corrected chi connectivity index (χ0v) is 18.6. The minimum absolute atomic E-state index is 0.0295. The number of anilines is 3. The molecule has 2 aromatic rings. The third kappa shape index (κ3) is 5.11. The fourth-order valence-electron chi connectivity index (χ4n) is 3.60. The molecule has 0 unspecified atom stereocenters. The van der Waals surface area contributed by atoms with Gasteiger partial charge in [0.2, 0.25) is 5.91 Å². The lowest BCUT2D eigenvalue weighted by Crippen LogP contribution is -2.45. The monoisotopic (exact) mass is 415 g/mol. The van der Waals surface area contributed by atoms with Crippen molar-refractivity contribution in [2.24, 2.45) is 0 Å². The topological polar surface area (TPSA) is 104 Å². The summed E-state index contributed by atoms with van der Waals surface area (Å²) in [5.41, 5.74) is 8.22. The number of aromatic nitrogens is 2. The number of rotatable bonds is 9. The maximum Gasteiger partial charge on any atom is 0.330 e. The maximum atomic E-state index is 13.2. The molecule has 3 N–H and O–H groups in total. The zero-order chi connectivity index (χ0) is 22.4. The van der Waals surface area contributed by atoms with E-state index >= 15 is 0 Å². The SMILES string of the molecule is CCCCn1c(N)c(N(CC)C(=O)CN(CC)c2cc(C)cc(C)c2)c(=O)[nH]c1=O. The fourth-order valence-corrected chi connectivity index (χ4v) is 3.60. The second kappa shape index (κ2) is 10.1. The molecule has 1 aromatic heterocycles. The lowest BCUT2D eigenvalue weighted by Gasteiger charge is -2.28. The Bertz CT molecular complexity index is 989. The number of carbonyl (C=O) groups excluding carboxylic acids is 1. The molecule has 1 amide bonds. The average molecular weight is 416 g/mol. The summed E-state index contributed by atoms with van der Waals surface area (Å²) in [7, 11) is 0. The van der Waals surface area contributed by atoms with E-state index in [2.05, 4.69) is 11.1 Å². The van der Waals surface area contributed by atoms with Crippen LogP contribution in [0.5, 0.6) is 0 Å². The van der Waals surface area contributed by atoms with Gasteiger partial charge < -0.3 is 15.5 Å². The van der Waals surface area contributed by atoms with E-state index < -0.39 is 11.2 Å². The summed E-state index contributed by atoms with van der Waals surface area (Å²) < 4.78 is 1.33. The molecule has 2 rings (SSSR count). The van der Waals surface area contributed by atoms with Gasteiger partial charge >= 0.3 is 5.69 Å². The number of aromatic amines is 1. The number of unbranched alkanes of at least 4 members (excludes halogenated alkanes) is 1. The summed E-state index contributed by atoms with van der Waals surface area (Å²) in [6.45, 7) is 11.2. The molecular formula is C22H33N5O3. The third-order valence-electron chi connectivity index (χ3n) is 5.12. The third-order valence-corrected chi connectivity index (χ3v) is 5.12. The highest BCUT2D eigenvalue weighted by molar-refractivity contribution is 5.98. The van der Waals surface area contributed by atoms with Gasteiger partial charge in [0.1, 0.15) is 5.82 Å². The molecule has 0 saturated carbocycles. The molecule has 1 aromatic carbocycles. The van der Waals surface area contributed by atoms with Gasteiger partial charge in [-0.25, -0.2) is 4.79 Å². The van der Waals surface area contributed by atoms with E-state index in [1.54, 1.807) is 6.92 Å². The van der Waals surface area contributed by atoms with Crippen LogP contribution in [0.1, 0.15) is 44.7 Å². The fraction of sp³-hybridized carbons (Fsp3) is 0.500. The second-order valence-corrected chi connectivity index (χ2v) is 7.50. The van der Waals surface area contributed by atoms with Crippen molar-refractivity contribution in [1.82, 2.24) is 9.55 Å². The minimum atomic E-state index is -0.644. The van der Waals surface area contributed by atoms with Crippen LogP contribution in [0.25, 0.3) is 0 Å². The molecule has 0 aliphatic heterocycles. The van der Waals surface area contributed by atoms with E-state index in [0.29, 0.717) is 13.1 Å². The Labute approximate surface area is 177 Å². The largest absolute Gasteiger partial charge is 0.383 e. The van der Waals surface area contributed by atoms with Crippen molar-refractivity contribution in [2.75, 3.05) is 35.2 Å². The van der Waals surface area contributed by atoms with Gasteiger partial charge in [-0.3, -0.25) is 19.1 Å². The molecular weight excluding hydrogens is 382 g/mol. The summed E-state index contributed by atoms with van der Waals surface area (Å²) in [6.07, 6.45) is 1.62. The van der Waals surface area contributed by atoms with Crippen LogP contribution >= 0.6 is 0 Å². The Balaban J connectivity index is 2.40. The molecule has 0 spiro atoms. The first kappa shape index (κ1) is 23.3. The van der Waals surface area contributed by atoms with Gasteiger partial charge in [0.05, 0.1) is 6.54 Å². The molecule has 0 bridgehead atoms. The van der Waals surface area contributed by atoms with Crippen LogP contribution in [-0.2, 0) is 11.3 Å². The van der Waals surface area contributed by atoms with Crippen molar-refractivity contribution in [3.63, 3.8) is 0 Å². The van der Waals surface area contributed by atoms with Crippen molar-refractivity contribution in [2.45, 2.75) is 54.0 Å². The molecule has 0 atom stereocenters. The quantitative estimate of drug-likeness (QED) is 0.654. The highest BCUT2D eigenvalue weighted by Gasteiger charge is 2.24. The van der Waals surface area contributed by atoms with Crippen LogP contribution in [0.15, 0.2) is 27.8 Å². The van der Waals surface area contributed by atoms with Crippen molar-refractivity contribution < 1.29 is 4.79 Å². The molecule has 0 saturated heterocycles. The number of nitrogens with one attached hydrogen (secondary N) is 1. The van der Waals surface area contributed by atoms with Crippen LogP contribution in [0.3, 0.4) is 0 Å². The first-order valence-electron chi connectivity index (χ1n) is 10.5. The number of likely N-dealkylation sites (N-methyl/N-ethyl adjacent to an activating group) is 2. The van der Waals surface area contributed by atoms with Crippen molar-refractivity contribution in [1.29, 1.82) is 0 Å². The first-order valence-corrected chi connectivity index (χ1v) is 10.5. The van der Waals surface area contributed by atoms with E-state index in [0.717, 1.165) is 29.7 Å². The predicted octanol–water partition coefficient (Wildman–Crippen LogP) is 2.42. The molecule has 164 valence electrons. The second-order valence-electron chi connectivity index (χ2n) is 7.50. The van der Waals surface area contributed by atoms with Gasteiger partial charge in [-0.2, -0.15) is 0 Å². The predicted molar refractivity (Wildman–Crippen MR) is 122 cm³/mol. The highest BCUT2D eigenvalue weighted by Crippen LogP contribution is 2.21. The molecule has 0 aliphatic carbocycles. The number of nitrogens with two attached hydrogens (primary N) is 1. The van der Waals surface area contributed by atoms with Crippen LogP contribution in [-0.4, -0.2) is 35.1 Å². The van der Waals surface area contributed by atoms with E-state index in [1.807, 2.05) is 44.7 Å². The number of nitrogen functional groups attached to an aromatic ring is 1. The van der Waals surface area contributed by atoms with E-state index in [-0.39, 0.29) is 30.5 Å². The Morgan fingerprint density at radius 2 is 1.70 bits per heavy atom. The zero-order valence-electron chi connectivity index (χ0n) is 18.6. The lowest BCUT2D eigenvalue weighted by molar-refractivity contribution is -0.117. The number of hydrogen-bond donors (Lipinski definition) is 2. The average Bonchev–Trinajstić information content (AvgIpc) is 2.68. The summed E-state index contributed by atoms with van der Waals surface area (Å²) in [5, 5.41) is 0. The van der Waals surface area contributed by atoms with Gasteiger partial charge in [0.15, 0.2) is 5.69 Å². The van der Waals surface area contributed by atoms with Gasteiger partial charge in [0.25, 0.3) is 5.56 Å². The molecule has 0 radical (unpaired) electrons. The Hall–Kier alpha value is -3.03. The molecule has 0 aliphatic rings. The Kier molecular flexibility index (Phi) is 7.86. The van der Waals surface area contributed by atoms with E-state index in [9.17, 15) is 14.4 Å². The maximum absolute atomic E-state index is 13.2. The van der Waals surface area contributed by atoms with Gasteiger partial charge in [-0.15, -0.1) is 0 Å². The summed E-state index contributed by atoms with van der Waals surface area (Å²) in [4.78, 5) is 43.6. The molecule has 8 nitrogen and oxygen atoms in total. The molecule has 0 fully saturated rings. The highest BCUT2D eigenvalue weighted by atomic mass is 16.2. The van der Waals surface area contributed by atoms with Crippen LogP contribution < -0.4 is 26.8 Å². The number of hydrogen-bond acceptors (Lipinski definition) is 5. The smallest absolute Gasteiger partial charge is 0.330 e. The van der Waals surface area contributed by atoms with Gasteiger partial charge in [-0.05, 0) is 57.4 Å². The van der Waals surface area contributed by atoms with E-state index in [4.69, 9.17) is 5.73 Å². The van der Waals surface area contributed by atoms with Gasteiger partial charge in [0, 0.05) is 25.3 Å². The number of benzene rings is 1. The normalized spacial score (nSPS) is 10.8. The molecule has 8 heteroatoms. The van der Waals surface area contributed by atoms with Gasteiger partial charge in [-0.1, -0.05) is 19.4 Å². The Morgan fingerprint density at radius 3 is 2.23 bits per heavy atom. The summed E-state index contributed by atoms with van der Waals surface area (Å²) in [6, 6.07) is 6.15. The van der Waals surface area contributed by atoms with Crippen molar-refractivity contribution in [3.05, 3.63) is 50.2 Å². The van der Waals surface area contributed by atoms with Crippen LogP contribution in [0.2, 0.25) is 0 Å². The minimum Gasteiger partial charge on any atom is -0.383 e. The lowest BCUT2D eigenvalue weighted by atomic mass is 10.1. The number of amides is 1. The number of aryl methyl sites for hydroxylation is 2. The molecule has 1 heterocycles. The van der Waals surface area contributed by atoms with Crippen molar-refractivity contribution >= 4 is 23.1 Å². The first-order chi connectivity index (χ1) is 14.2. The number of carbonyl (C=O) groups is 1. The summed E-state index contributed by atoms with van der Waals surface area (Å²) >= 11 is 0. The van der Waals surface area contributed by atoms with E-state index in [1.165, 1.54) is 9.47 Å². The van der Waals surface area contributed by atoms with Crippen LogP contribution in [0.4, 0.5) is 17.2 Å². The standard InChI is InChI=1S/C22H33N5O3/c1-6-9-10-27-20(23)19(21(29)24-22(27)30)26(8-3)18(28)14-25(7-2)17-12-15(4)11-16(5)13-17/h11-13H,6-10,14,23H2,1-5H3,(H,24,29,30). The van der Waals surface area contributed by atoms with Crippen molar-refractivity contribution in [3.8, 4) is 0 Å². The van der Waals surface area contributed by atoms with Crippen LogP contribution in [0, 0.1) is 13.8 Å². The Morgan fingerprint density at radius 1 is 1.07 bits per heavy atom. The summed E-state index contributed by atoms with van der Waals surface area (Å²) in [5.74, 6) is -0.224. The molecule has 30 heavy (non-hydrogen) atoms. The number of H-pyrrole nitrogens is 1. The number of nitrogens with zero attached hydrogens (tertiary/aromatic N) is 3.